The number of aliphatic hydroxyl groups is 4. The van der Waals surface area contributed by atoms with Crippen molar-refractivity contribution in [2.24, 2.45) is 0 Å². The van der Waals surface area contributed by atoms with E-state index in [1.54, 1.807) is 42.5 Å². The summed E-state index contributed by atoms with van der Waals surface area (Å²) in [6, 6.07) is 10.9. The molecule has 3 rings (SSSR count). The van der Waals surface area contributed by atoms with E-state index in [2.05, 4.69) is 0 Å². The van der Waals surface area contributed by atoms with Crippen molar-refractivity contribution in [3.8, 4) is 17.2 Å². The van der Waals surface area contributed by atoms with Gasteiger partial charge in [0.25, 0.3) is 0 Å². The lowest BCUT2D eigenvalue weighted by atomic mass is 9.99. The van der Waals surface area contributed by atoms with Crippen LogP contribution in [0.4, 0.5) is 0 Å². The minimum Gasteiger partial charge on any atom is -0.508 e. The zero-order valence-corrected chi connectivity index (χ0v) is 14.8. The summed E-state index contributed by atoms with van der Waals surface area (Å²) in [5.41, 5.74) is 1.42. The van der Waals surface area contributed by atoms with Gasteiger partial charge in [-0.1, -0.05) is 24.3 Å². The molecule has 1 fully saturated rings. The van der Waals surface area contributed by atoms with E-state index < -0.39 is 37.3 Å². The number of hydrogen-bond donors (Lipinski definition) is 6. The van der Waals surface area contributed by atoms with E-state index >= 15 is 0 Å². The molecule has 0 aromatic heterocycles. The number of aliphatic hydroxyl groups excluding tert-OH is 4. The summed E-state index contributed by atoms with van der Waals surface area (Å²) in [5, 5.41) is 58.2. The van der Waals surface area contributed by atoms with Crippen molar-refractivity contribution in [1.82, 2.24) is 0 Å². The number of benzene rings is 2. The van der Waals surface area contributed by atoms with Gasteiger partial charge in [0, 0.05) is 6.07 Å². The number of phenolic OH excluding ortho intramolecular Hbond substituents is 2. The maximum atomic E-state index is 10.1. The molecule has 8 nitrogen and oxygen atoms in total. The quantitative estimate of drug-likeness (QED) is 0.405. The third-order valence-electron chi connectivity index (χ3n) is 4.38. The van der Waals surface area contributed by atoms with Crippen molar-refractivity contribution >= 4 is 12.2 Å². The fraction of sp³-hybridized carbons (Fsp3) is 0.300. The Morgan fingerprint density at radius 2 is 1.50 bits per heavy atom. The smallest absolute Gasteiger partial charge is 0.229 e. The molecule has 0 bridgehead atoms. The largest absolute Gasteiger partial charge is 0.508 e. The average molecular weight is 390 g/mol. The van der Waals surface area contributed by atoms with Gasteiger partial charge in [0.15, 0.2) is 0 Å². The molecule has 0 amide bonds. The van der Waals surface area contributed by atoms with E-state index in [4.69, 9.17) is 9.47 Å². The standard InChI is InChI=1S/C20H22O8/c21-10-16-17(24)18(25)19(26)20(28-16)27-15-8-12(7-14(23)9-15)2-1-11-3-5-13(22)6-4-11/h1-9,16-26H,10H2/b2-1+/t16-,17-,18+,19+,20-/m1/s1. The second kappa shape index (κ2) is 8.59. The maximum Gasteiger partial charge on any atom is 0.229 e. The van der Waals surface area contributed by atoms with Crippen LogP contribution in [0.3, 0.4) is 0 Å². The number of hydrogen-bond acceptors (Lipinski definition) is 8. The SMILES string of the molecule is OC[C@H]1O[C@@H](Oc2cc(O)cc(/C=C/c3ccc(O)cc3)c2)[C@@H](O)[C@@H](O)[C@@H]1O. The first-order chi connectivity index (χ1) is 13.4. The Hall–Kier alpha value is -2.62. The summed E-state index contributed by atoms with van der Waals surface area (Å²) in [4.78, 5) is 0. The summed E-state index contributed by atoms with van der Waals surface area (Å²) in [5.74, 6) is 0.229. The lowest BCUT2D eigenvalue weighted by Crippen LogP contribution is -2.60. The molecule has 0 radical (unpaired) electrons. The van der Waals surface area contributed by atoms with Crippen LogP contribution >= 0.6 is 0 Å². The van der Waals surface area contributed by atoms with Gasteiger partial charge in [0.05, 0.1) is 6.61 Å². The molecule has 0 aliphatic carbocycles. The second-order valence-corrected chi connectivity index (χ2v) is 6.50. The highest BCUT2D eigenvalue weighted by Crippen LogP contribution is 2.28. The van der Waals surface area contributed by atoms with Crippen LogP contribution in [0.15, 0.2) is 42.5 Å². The van der Waals surface area contributed by atoms with Gasteiger partial charge < -0.3 is 40.1 Å². The van der Waals surface area contributed by atoms with Crippen molar-refractivity contribution in [2.75, 3.05) is 6.61 Å². The van der Waals surface area contributed by atoms with E-state index in [0.29, 0.717) is 5.56 Å². The van der Waals surface area contributed by atoms with Crippen molar-refractivity contribution < 1.29 is 40.1 Å². The molecule has 0 saturated carbocycles. The summed E-state index contributed by atoms with van der Waals surface area (Å²) in [7, 11) is 0. The Kier molecular flexibility index (Phi) is 6.18. The molecule has 28 heavy (non-hydrogen) atoms. The molecular formula is C20H22O8. The third kappa shape index (κ3) is 4.61. The highest BCUT2D eigenvalue weighted by Gasteiger charge is 2.44. The van der Waals surface area contributed by atoms with Crippen LogP contribution in [-0.2, 0) is 4.74 Å². The van der Waals surface area contributed by atoms with E-state index in [1.165, 1.54) is 12.1 Å². The molecule has 1 heterocycles. The first kappa shape index (κ1) is 20.1. The average Bonchev–Trinajstić information content (AvgIpc) is 2.67. The number of phenols is 2. The predicted octanol–water partition coefficient (Wildman–Crippen LogP) is 0.447. The number of aromatic hydroxyl groups is 2. The Bertz CT molecular complexity index is 817. The molecule has 6 N–H and O–H groups in total. The lowest BCUT2D eigenvalue weighted by Gasteiger charge is -2.39. The van der Waals surface area contributed by atoms with Gasteiger partial charge >= 0.3 is 0 Å². The monoisotopic (exact) mass is 390 g/mol. The topological polar surface area (TPSA) is 140 Å². The van der Waals surface area contributed by atoms with Crippen molar-refractivity contribution in [2.45, 2.75) is 30.7 Å². The Labute approximate surface area is 161 Å². The molecule has 0 spiro atoms. The van der Waals surface area contributed by atoms with E-state index in [9.17, 15) is 30.6 Å². The van der Waals surface area contributed by atoms with Gasteiger partial charge in [-0.25, -0.2) is 0 Å². The van der Waals surface area contributed by atoms with Gasteiger partial charge in [-0.3, -0.25) is 0 Å². The summed E-state index contributed by atoms with van der Waals surface area (Å²) < 4.78 is 10.8. The van der Waals surface area contributed by atoms with Crippen LogP contribution in [-0.4, -0.2) is 68.0 Å². The molecular weight excluding hydrogens is 368 g/mol. The molecule has 2 aromatic carbocycles. The van der Waals surface area contributed by atoms with Crippen LogP contribution in [0.25, 0.3) is 12.2 Å². The van der Waals surface area contributed by atoms with E-state index in [-0.39, 0.29) is 17.2 Å². The second-order valence-electron chi connectivity index (χ2n) is 6.50. The molecule has 2 aromatic rings. The van der Waals surface area contributed by atoms with Crippen LogP contribution in [0.2, 0.25) is 0 Å². The van der Waals surface area contributed by atoms with Crippen LogP contribution < -0.4 is 4.74 Å². The molecule has 5 atom stereocenters. The van der Waals surface area contributed by atoms with Gasteiger partial charge in [-0.05, 0) is 35.4 Å². The highest BCUT2D eigenvalue weighted by molar-refractivity contribution is 5.71. The summed E-state index contributed by atoms with van der Waals surface area (Å²) in [6.07, 6.45) is -3.52. The fourth-order valence-electron chi connectivity index (χ4n) is 2.85. The van der Waals surface area contributed by atoms with Crippen LogP contribution in [0.1, 0.15) is 11.1 Å². The van der Waals surface area contributed by atoms with E-state index in [0.717, 1.165) is 5.56 Å². The van der Waals surface area contributed by atoms with Crippen LogP contribution in [0, 0.1) is 0 Å². The van der Waals surface area contributed by atoms with Gasteiger partial charge in [-0.2, -0.15) is 0 Å². The van der Waals surface area contributed by atoms with Gasteiger partial charge in [0.2, 0.25) is 6.29 Å². The van der Waals surface area contributed by atoms with Crippen LogP contribution in [0.5, 0.6) is 17.2 Å². The number of rotatable bonds is 5. The Balaban J connectivity index is 1.76. The van der Waals surface area contributed by atoms with Crippen molar-refractivity contribution in [1.29, 1.82) is 0 Å². The van der Waals surface area contributed by atoms with Gasteiger partial charge in [0.1, 0.15) is 41.7 Å². The first-order valence-corrected chi connectivity index (χ1v) is 8.65. The van der Waals surface area contributed by atoms with E-state index in [1.807, 2.05) is 0 Å². The highest BCUT2D eigenvalue weighted by atomic mass is 16.7. The zero-order valence-electron chi connectivity index (χ0n) is 14.8. The molecule has 1 aliphatic rings. The minimum absolute atomic E-state index is 0.0903. The van der Waals surface area contributed by atoms with Gasteiger partial charge in [-0.15, -0.1) is 0 Å². The minimum atomic E-state index is -1.55. The molecule has 150 valence electrons. The summed E-state index contributed by atoms with van der Waals surface area (Å²) in [6.45, 7) is -0.564. The zero-order chi connectivity index (χ0) is 20.3. The van der Waals surface area contributed by atoms with Crippen molar-refractivity contribution in [3.63, 3.8) is 0 Å². The first-order valence-electron chi connectivity index (χ1n) is 8.65. The predicted molar refractivity (Wildman–Crippen MR) is 99.5 cm³/mol. The molecule has 1 aliphatic heterocycles. The Morgan fingerprint density at radius 1 is 0.821 bits per heavy atom. The lowest BCUT2D eigenvalue weighted by molar-refractivity contribution is -0.277. The molecule has 1 saturated heterocycles. The Morgan fingerprint density at radius 3 is 2.18 bits per heavy atom. The maximum absolute atomic E-state index is 10.1. The normalized spacial score (nSPS) is 27.8. The number of ether oxygens (including phenoxy) is 2. The molecule has 8 heteroatoms. The summed E-state index contributed by atoms with van der Waals surface area (Å²) >= 11 is 0. The fourth-order valence-corrected chi connectivity index (χ4v) is 2.85. The van der Waals surface area contributed by atoms with Crippen molar-refractivity contribution in [3.05, 3.63) is 53.6 Å². The molecule has 0 unspecified atom stereocenters. The third-order valence-corrected chi connectivity index (χ3v) is 4.38.